The van der Waals surface area contributed by atoms with Crippen molar-refractivity contribution >= 4 is 39.1 Å². The first-order valence-corrected chi connectivity index (χ1v) is 8.77. The largest absolute Gasteiger partial charge is 0.364 e. The van der Waals surface area contributed by atoms with E-state index in [1.54, 1.807) is 48.0 Å². The fourth-order valence-corrected chi connectivity index (χ4v) is 3.36. The molecule has 0 atom stereocenters. The van der Waals surface area contributed by atoms with Gasteiger partial charge in [-0.2, -0.15) is 0 Å². The molecule has 5 N–H and O–H groups in total. The van der Waals surface area contributed by atoms with Gasteiger partial charge in [0, 0.05) is 22.5 Å². The number of nitrogens with one attached hydrogen (secondary N) is 3. The maximum absolute atomic E-state index is 12.5. The van der Waals surface area contributed by atoms with Crippen LogP contribution in [0, 0.1) is 0 Å². The monoisotopic (exact) mass is 379 g/mol. The number of rotatable bonds is 4. The molecule has 0 saturated heterocycles. The van der Waals surface area contributed by atoms with Gasteiger partial charge in [0.05, 0.1) is 5.69 Å². The maximum atomic E-state index is 12.5. The fraction of sp³-hybridized carbons (Fsp3) is 0. The second kappa shape index (κ2) is 6.54. The van der Waals surface area contributed by atoms with E-state index in [1.807, 2.05) is 0 Å². The Morgan fingerprint density at radius 1 is 1.15 bits per heavy atom. The van der Waals surface area contributed by atoms with E-state index in [2.05, 4.69) is 20.3 Å². The van der Waals surface area contributed by atoms with E-state index in [0.29, 0.717) is 27.2 Å². The summed E-state index contributed by atoms with van der Waals surface area (Å²) in [6.45, 7) is 0. The Labute approximate surface area is 156 Å². The Hall–Kier alpha value is -3.72. The predicted molar refractivity (Wildman–Crippen MR) is 103 cm³/mol. The number of thiazole rings is 1. The van der Waals surface area contributed by atoms with Gasteiger partial charge in [0.15, 0.2) is 5.13 Å². The van der Waals surface area contributed by atoms with Crippen LogP contribution in [0.2, 0.25) is 0 Å². The third kappa shape index (κ3) is 3.23. The zero-order chi connectivity index (χ0) is 19.0. The molecule has 4 aromatic rings. The Kier molecular flexibility index (Phi) is 4.05. The van der Waals surface area contributed by atoms with Gasteiger partial charge in [-0.3, -0.25) is 19.7 Å². The highest BCUT2D eigenvalue weighted by molar-refractivity contribution is 7.14. The molecule has 0 radical (unpaired) electrons. The Morgan fingerprint density at radius 3 is 2.74 bits per heavy atom. The van der Waals surface area contributed by atoms with Gasteiger partial charge in [-0.1, -0.05) is 18.2 Å². The highest BCUT2D eigenvalue weighted by atomic mass is 32.1. The fourth-order valence-electron chi connectivity index (χ4n) is 2.65. The second-order valence-corrected chi connectivity index (χ2v) is 6.62. The number of primary amides is 1. The standard InChI is InChI=1S/C18H13N5O3S/c19-15(24)12-6-10(7-20-12)14-8-27-18(22-14)23-17(26)13-5-9-3-1-2-4-11(9)16(25)21-13/h1-8,20H,(H2,19,24)(H,21,25)(H,22,23,26). The number of H-pyrrole nitrogens is 2. The third-order valence-electron chi connectivity index (χ3n) is 3.97. The molecular formula is C18H13N5O3S. The van der Waals surface area contributed by atoms with Gasteiger partial charge in [-0.05, 0) is 23.6 Å². The number of fused-ring (bicyclic) bond motifs is 1. The Balaban J connectivity index is 1.57. The van der Waals surface area contributed by atoms with E-state index in [1.165, 1.54) is 11.3 Å². The zero-order valence-corrected chi connectivity index (χ0v) is 14.6. The molecule has 0 fully saturated rings. The molecule has 9 heteroatoms. The van der Waals surface area contributed by atoms with Gasteiger partial charge in [-0.25, -0.2) is 4.98 Å². The number of amides is 2. The number of benzene rings is 1. The van der Waals surface area contributed by atoms with E-state index in [9.17, 15) is 14.4 Å². The molecule has 0 unspecified atom stereocenters. The van der Waals surface area contributed by atoms with Crippen molar-refractivity contribution < 1.29 is 9.59 Å². The van der Waals surface area contributed by atoms with Crippen molar-refractivity contribution in [1.29, 1.82) is 0 Å². The van der Waals surface area contributed by atoms with Gasteiger partial charge in [0.2, 0.25) is 0 Å². The smallest absolute Gasteiger partial charge is 0.273 e. The first-order valence-electron chi connectivity index (χ1n) is 7.89. The van der Waals surface area contributed by atoms with Gasteiger partial charge in [0.1, 0.15) is 11.4 Å². The van der Waals surface area contributed by atoms with Crippen molar-refractivity contribution in [1.82, 2.24) is 15.0 Å². The van der Waals surface area contributed by atoms with Crippen LogP contribution in [-0.2, 0) is 0 Å². The van der Waals surface area contributed by atoms with Crippen LogP contribution >= 0.6 is 11.3 Å². The predicted octanol–water partition coefficient (Wildman–Crippen LogP) is 2.33. The topological polar surface area (TPSA) is 134 Å². The number of nitrogens with two attached hydrogens (primary N) is 1. The summed E-state index contributed by atoms with van der Waals surface area (Å²) < 4.78 is 0. The van der Waals surface area contributed by atoms with Crippen LogP contribution in [0.5, 0.6) is 0 Å². The van der Waals surface area contributed by atoms with Crippen molar-refractivity contribution in [2.45, 2.75) is 0 Å². The van der Waals surface area contributed by atoms with E-state index < -0.39 is 11.8 Å². The van der Waals surface area contributed by atoms with Crippen molar-refractivity contribution in [2.24, 2.45) is 5.73 Å². The first kappa shape index (κ1) is 16.7. The first-order chi connectivity index (χ1) is 13.0. The van der Waals surface area contributed by atoms with Crippen molar-refractivity contribution in [2.75, 3.05) is 5.32 Å². The minimum atomic E-state index is -0.565. The number of pyridine rings is 1. The lowest BCUT2D eigenvalue weighted by Gasteiger charge is -2.03. The molecule has 3 heterocycles. The van der Waals surface area contributed by atoms with Crippen molar-refractivity contribution in [3.63, 3.8) is 0 Å². The number of hydrogen-bond acceptors (Lipinski definition) is 5. The molecule has 27 heavy (non-hydrogen) atoms. The molecule has 0 aliphatic rings. The molecule has 8 nitrogen and oxygen atoms in total. The summed E-state index contributed by atoms with van der Waals surface area (Å²) in [6, 6.07) is 10.2. The molecule has 0 spiro atoms. The van der Waals surface area contributed by atoms with Crippen LogP contribution in [0.4, 0.5) is 5.13 Å². The van der Waals surface area contributed by atoms with Gasteiger partial charge in [-0.15, -0.1) is 11.3 Å². The zero-order valence-electron chi connectivity index (χ0n) is 13.8. The molecule has 0 saturated carbocycles. The average molecular weight is 379 g/mol. The quantitative estimate of drug-likeness (QED) is 0.433. The van der Waals surface area contributed by atoms with E-state index in [-0.39, 0.29) is 16.9 Å². The van der Waals surface area contributed by atoms with Gasteiger partial charge < -0.3 is 15.7 Å². The summed E-state index contributed by atoms with van der Waals surface area (Å²) in [5.41, 5.74) is 6.58. The SMILES string of the molecule is NC(=O)c1cc(-c2csc(NC(=O)c3cc4ccccc4c(=O)[nH]3)n2)c[nH]1. The summed E-state index contributed by atoms with van der Waals surface area (Å²) in [5.74, 6) is -1.03. The maximum Gasteiger partial charge on any atom is 0.273 e. The van der Waals surface area contributed by atoms with Gasteiger partial charge >= 0.3 is 0 Å². The number of carbonyl (C=O) groups is 2. The summed E-state index contributed by atoms with van der Waals surface area (Å²) in [4.78, 5) is 45.4. The molecule has 0 bridgehead atoms. The normalized spacial score (nSPS) is 10.8. The lowest BCUT2D eigenvalue weighted by Crippen LogP contribution is -2.18. The van der Waals surface area contributed by atoms with Crippen LogP contribution in [0.25, 0.3) is 22.0 Å². The van der Waals surface area contributed by atoms with Crippen LogP contribution < -0.4 is 16.6 Å². The summed E-state index contributed by atoms with van der Waals surface area (Å²) in [5, 5.41) is 5.97. The number of hydrogen-bond donors (Lipinski definition) is 4. The molecule has 0 aliphatic carbocycles. The second-order valence-electron chi connectivity index (χ2n) is 5.76. The van der Waals surface area contributed by atoms with Gasteiger partial charge in [0.25, 0.3) is 17.4 Å². The molecule has 134 valence electrons. The lowest BCUT2D eigenvalue weighted by molar-refractivity contribution is 0.0993. The summed E-state index contributed by atoms with van der Waals surface area (Å²) in [7, 11) is 0. The lowest BCUT2D eigenvalue weighted by atomic mass is 10.1. The molecular weight excluding hydrogens is 366 g/mol. The van der Waals surface area contributed by atoms with Crippen LogP contribution in [0.1, 0.15) is 21.0 Å². The minimum Gasteiger partial charge on any atom is -0.364 e. The Morgan fingerprint density at radius 2 is 1.96 bits per heavy atom. The minimum absolute atomic E-state index is 0.146. The van der Waals surface area contributed by atoms with Crippen molar-refractivity contribution in [3.05, 3.63) is 69.7 Å². The van der Waals surface area contributed by atoms with E-state index in [4.69, 9.17) is 5.73 Å². The highest BCUT2D eigenvalue weighted by Gasteiger charge is 2.13. The molecule has 1 aromatic carbocycles. The molecule has 0 aliphatic heterocycles. The molecule has 3 aromatic heterocycles. The number of anilines is 1. The Bertz CT molecular complexity index is 1240. The number of aromatic nitrogens is 3. The summed E-state index contributed by atoms with van der Waals surface area (Å²) in [6.07, 6.45) is 1.61. The number of aromatic amines is 2. The van der Waals surface area contributed by atoms with Crippen LogP contribution in [0.15, 0.2) is 52.8 Å². The van der Waals surface area contributed by atoms with Crippen LogP contribution in [0.3, 0.4) is 0 Å². The van der Waals surface area contributed by atoms with Crippen molar-refractivity contribution in [3.8, 4) is 11.3 Å². The number of nitrogens with zero attached hydrogens (tertiary/aromatic N) is 1. The van der Waals surface area contributed by atoms with E-state index in [0.717, 1.165) is 0 Å². The summed E-state index contributed by atoms with van der Waals surface area (Å²) >= 11 is 1.23. The molecule has 2 amide bonds. The number of carbonyl (C=O) groups excluding carboxylic acids is 2. The van der Waals surface area contributed by atoms with E-state index >= 15 is 0 Å². The molecule has 4 rings (SSSR count). The third-order valence-corrected chi connectivity index (χ3v) is 4.72. The van der Waals surface area contributed by atoms with Crippen LogP contribution in [-0.4, -0.2) is 26.8 Å². The highest BCUT2D eigenvalue weighted by Crippen LogP contribution is 2.25. The average Bonchev–Trinajstić information content (AvgIpc) is 3.31.